The Hall–Kier alpha value is -1.07. The van der Waals surface area contributed by atoms with Crippen molar-refractivity contribution in [3.05, 3.63) is 0 Å². The van der Waals surface area contributed by atoms with Crippen LogP contribution >= 0.6 is 0 Å². The van der Waals surface area contributed by atoms with E-state index < -0.39 is 29.4 Å². The number of hydrogen-bond acceptors (Lipinski definition) is 3. The monoisotopic (exact) mass is 236 g/mol. The van der Waals surface area contributed by atoms with Gasteiger partial charge in [-0.2, -0.15) is 13.2 Å². The van der Waals surface area contributed by atoms with Gasteiger partial charge in [-0.05, 0) is 19.3 Å². The van der Waals surface area contributed by atoms with Gasteiger partial charge in [0.2, 0.25) is 0 Å². The summed E-state index contributed by atoms with van der Waals surface area (Å²) < 4.78 is 42.1. The maximum absolute atomic E-state index is 12.6. The van der Waals surface area contributed by atoms with Crippen molar-refractivity contribution in [3.63, 3.8) is 0 Å². The minimum absolute atomic E-state index is 0.0344. The Bertz CT molecular complexity index is 337. The molecule has 1 saturated heterocycles. The lowest BCUT2D eigenvalue weighted by atomic mass is 9.68. The average Bonchev–Trinajstić information content (AvgIpc) is 2.40. The van der Waals surface area contributed by atoms with Gasteiger partial charge >= 0.3 is 18.1 Å². The summed E-state index contributed by atoms with van der Waals surface area (Å²) in [6, 6.07) is 0. The summed E-state index contributed by atoms with van der Waals surface area (Å²) in [5.41, 5.74) is -1.20. The van der Waals surface area contributed by atoms with Crippen LogP contribution in [0.25, 0.3) is 0 Å². The van der Waals surface area contributed by atoms with Crippen LogP contribution in [0.4, 0.5) is 13.2 Å². The van der Waals surface area contributed by atoms with Crippen LogP contribution in [0.3, 0.4) is 0 Å². The number of halogens is 3. The van der Waals surface area contributed by atoms with E-state index in [0.717, 1.165) is 0 Å². The molecule has 90 valence electrons. The second-order valence-corrected chi connectivity index (χ2v) is 4.55. The summed E-state index contributed by atoms with van der Waals surface area (Å²) in [4.78, 5) is 22.4. The Morgan fingerprint density at radius 2 is 2.00 bits per heavy atom. The van der Waals surface area contributed by atoms with Gasteiger partial charge < -0.3 is 4.74 Å². The van der Waals surface area contributed by atoms with Gasteiger partial charge in [0, 0.05) is 0 Å². The standard InChI is InChI=1S/C10H11F3O3/c11-10(12,13)6-2-1-3-9(4-6)5-7(14)16-8(9)15/h6H,1-5H2. The molecule has 3 nitrogen and oxygen atoms in total. The molecule has 0 aromatic heterocycles. The molecule has 2 aliphatic rings. The lowest BCUT2D eigenvalue weighted by Gasteiger charge is -2.34. The molecule has 1 aliphatic carbocycles. The number of rotatable bonds is 0. The molecular weight excluding hydrogens is 225 g/mol. The van der Waals surface area contributed by atoms with Crippen LogP contribution in [0.1, 0.15) is 32.1 Å². The van der Waals surface area contributed by atoms with Gasteiger partial charge in [0.1, 0.15) is 0 Å². The average molecular weight is 236 g/mol. The first-order chi connectivity index (χ1) is 7.33. The fourth-order valence-electron chi connectivity index (χ4n) is 2.58. The molecule has 2 fully saturated rings. The van der Waals surface area contributed by atoms with Crippen molar-refractivity contribution in [3.8, 4) is 0 Å². The summed E-state index contributed by atoms with van der Waals surface area (Å²) in [6.07, 6.45) is -4.12. The Morgan fingerprint density at radius 3 is 2.50 bits per heavy atom. The number of carbonyl (C=O) groups excluding carboxylic acids is 2. The summed E-state index contributed by atoms with van der Waals surface area (Å²) in [5, 5.41) is 0. The maximum atomic E-state index is 12.6. The third-order valence-corrected chi connectivity index (χ3v) is 3.43. The fraction of sp³-hybridized carbons (Fsp3) is 0.800. The van der Waals surface area contributed by atoms with Crippen molar-refractivity contribution in [1.82, 2.24) is 0 Å². The Labute approximate surface area is 89.9 Å². The maximum Gasteiger partial charge on any atom is 0.391 e. The topological polar surface area (TPSA) is 43.4 Å². The van der Waals surface area contributed by atoms with Gasteiger partial charge in [-0.1, -0.05) is 6.42 Å². The van der Waals surface area contributed by atoms with E-state index in [1.54, 1.807) is 0 Å². The number of cyclic esters (lactones) is 2. The van der Waals surface area contributed by atoms with Crippen LogP contribution in [0.5, 0.6) is 0 Å². The molecule has 6 heteroatoms. The van der Waals surface area contributed by atoms with E-state index in [1.165, 1.54) is 0 Å². The number of carbonyl (C=O) groups is 2. The van der Waals surface area contributed by atoms with Crippen molar-refractivity contribution >= 4 is 11.9 Å². The SMILES string of the molecule is O=C1CC2(CCCC(C(F)(F)F)C2)C(=O)O1. The zero-order valence-electron chi connectivity index (χ0n) is 8.47. The minimum Gasteiger partial charge on any atom is -0.393 e. The highest BCUT2D eigenvalue weighted by atomic mass is 19.4. The first-order valence-corrected chi connectivity index (χ1v) is 5.15. The number of hydrogen-bond donors (Lipinski definition) is 0. The van der Waals surface area contributed by atoms with Crippen molar-refractivity contribution in [2.24, 2.45) is 11.3 Å². The third kappa shape index (κ3) is 1.81. The molecule has 0 bridgehead atoms. The number of ether oxygens (including phenoxy) is 1. The molecule has 0 amide bonds. The molecular formula is C10H11F3O3. The molecule has 1 heterocycles. The van der Waals surface area contributed by atoms with E-state index in [1.807, 2.05) is 0 Å². The zero-order valence-corrected chi connectivity index (χ0v) is 8.47. The van der Waals surface area contributed by atoms with Gasteiger partial charge in [-0.25, -0.2) is 0 Å². The molecule has 16 heavy (non-hydrogen) atoms. The van der Waals surface area contributed by atoms with E-state index in [0.29, 0.717) is 12.8 Å². The van der Waals surface area contributed by atoms with E-state index in [-0.39, 0.29) is 19.3 Å². The van der Waals surface area contributed by atoms with E-state index >= 15 is 0 Å². The second-order valence-electron chi connectivity index (χ2n) is 4.55. The van der Waals surface area contributed by atoms with E-state index in [4.69, 9.17) is 0 Å². The van der Waals surface area contributed by atoms with Gasteiger partial charge in [-0.15, -0.1) is 0 Å². The van der Waals surface area contributed by atoms with Crippen LogP contribution in [-0.2, 0) is 14.3 Å². The highest BCUT2D eigenvalue weighted by Crippen LogP contribution is 2.50. The highest BCUT2D eigenvalue weighted by Gasteiger charge is 2.55. The molecule has 2 rings (SSSR count). The molecule has 0 N–H and O–H groups in total. The highest BCUT2D eigenvalue weighted by molar-refractivity contribution is 5.97. The molecule has 0 aromatic rings. The van der Waals surface area contributed by atoms with Crippen LogP contribution in [0.2, 0.25) is 0 Å². The van der Waals surface area contributed by atoms with Gasteiger partial charge in [0.25, 0.3) is 0 Å². The fourth-order valence-corrected chi connectivity index (χ4v) is 2.58. The normalized spacial score (nSPS) is 35.6. The van der Waals surface area contributed by atoms with Crippen molar-refractivity contribution in [1.29, 1.82) is 0 Å². The predicted molar refractivity (Wildman–Crippen MR) is 46.2 cm³/mol. The first kappa shape index (κ1) is 11.4. The Kier molecular flexibility index (Phi) is 2.47. The van der Waals surface area contributed by atoms with Gasteiger partial charge in [0.05, 0.1) is 17.8 Å². The Balaban J connectivity index is 2.18. The molecule has 0 radical (unpaired) electrons. The van der Waals surface area contributed by atoms with Gasteiger partial charge in [-0.3, -0.25) is 9.59 Å². The van der Waals surface area contributed by atoms with Crippen molar-refractivity contribution in [2.75, 3.05) is 0 Å². The van der Waals surface area contributed by atoms with E-state index in [9.17, 15) is 22.8 Å². The van der Waals surface area contributed by atoms with Crippen LogP contribution in [0, 0.1) is 11.3 Å². The lowest BCUT2D eigenvalue weighted by molar-refractivity contribution is -0.193. The molecule has 1 spiro atoms. The van der Waals surface area contributed by atoms with E-state index in [2.05, 4.69) is 4.74 Å². The molecule has 0 aromatic carbocycles. The summed E-state index contributed by atoms with van der Waals surface area (Å²) in [6.45, 7) is 0. The lowest BCUT2D eigenvalue weighted by Crippen LogP contribution is -2.38. The second kappa shape index (κ2) is 3.46. The first-order valence-electron chi connectivity index (χ1n) is 5.15. The minimum atomic E-state index is -4.29. The van der Waals surface area contributed by atoms with Crippen LogP contribution < -0.4 is 0 Å². The zero-order chi connectivity index (χ0) is 12.0. The van der Waals surface area contributed by atoms with Crippen molar-refractivity contribution < 1.29 is 27.5 Å². The summed E-state index contributed by atoms with van der Waals surface area (Å²) in [5.74, 6) is -2.96. The van der Waals surface area contributed by atoms with Crippen molar-refractivity contribution in [2.45, 2.75) is 38.3 Å². The summed E-state index contributed by atoms with van der Waals surface area (Å²) >= 11 is 0. The smallest absolute Gasteiger partial charge is 0.391 e. The predicted octanol–water partition coefficient (Wildman–Crippen LogP) is 2.20. The number of alkyl halides is 3. The summed E-state index contributed by atoms with van der Waals surface area (Å²) in [7, 11) is 0. The third-order valence-electron chi connectivity index (χ3n) is 3.43. The molecule has 2 atom stereocenters. The van der Waals surface area contributed by atoms with Crippen LogP contribution in [-0.4, -0.2) is 18.1 Å². The molecule has 1 saturated carbocycles. The number of esters is 2. The molecule has 1 aliphatic heterocycles. The molecule has 2 unspecified atom stereocenters. The quantitative estimate of drug-likeness (QED) is 0.478. The van der Waals surface area contributed by atoms with Crippen LogP contribution in [0.15, 0.2) is 0 Å². The van der Waals surface area contributed by atoms with Gasteiger partial charge in [0.15, 0.2) is 0 Å². The Morgan fingerprint density at radius 1 is 1.31 bits per heavy atom. The largest absolute Gasteiger partial charge is 0.393 e.